The number of amides is 1. The summed E-state index contributed by atoms with van der Waals surface area (Å²) in [5.74, 6) is 0.817. The fourth-order valence-electron chi connectivity index (χ4n) is 2.40. The number of nitrogens with zero attached hydrogens (tertiary/aromatic N) is 1. The Morgan fingerprint density at radius 2 is 2.05 bits per heavy atom. The Kier molecular flexibility index (Phi) is 5.05. The highest BCUT2D eigenvalue weighted by atomic mass is 16.2. The van der Waals surface area contributed by atoms with Gasteiger partial charge in [0.15, 0.2) is 0 Å². The lowest BCUT2D eigenvalue weighted by Crippen LogP contribution is -2.35. The first-order valence-electron chi connectivity index (χ1n) is 7.77. The summed E-state index contributed by atoms with van der Waals surface area (Å²) in [6, 6.07) is 8.32. The fourth-order valence-corrected chi connectivity index (χ4v) is 2.40. The van der Waals surface area contributed by atoms with Crippen molar-refractivity contribution in [1.82, 2.24) is 4.90 Å². The molecule has 110 valence electrons. The van der Waals surface area contributed by atoms with Crippen LogP contribution in [0.5, 0.6) is 0 Å². The first-order valence-corrected chi connectivity index (χ1v) is 7.77. The second-order valence-corrected chi connectivity index (χ2v) is 5.99. The van der Waals surface area contributed by atoms with E-state index in [2.05, 4.69) is 31.0 Å². The number of hydrogen-bond donors (Lipinski definition) is 1. The van der Waals surface area contributed by atoms with Gasteiger partial charge in [-0.05, 0) is 44.2 Å². The maximum atomic E-state index is 12.8. The van der Waals surface area contributed by atoms with Crippen LogP contribution in [0.3, 0.4) is 0 Å². The van der Waals surface area contributed by atoms with E-state index in [9.17, 15) is 4.79 Å². The molecule has 1 N–H and O–H groups in total. The van der Waals surface area contributed by atoms with Gasteiger partial charge in [0.05, 0.1) is 5.56 Å². The lowest BCUT2D eigenvalue weighted by molar-refractivity contribution is 0.0736. The minimum Gasteiger partial charge on any atom is -0.385 e. The highest BCUT2D eigenvalue weighted by molar-refractivity contribution is 5.99. The third-order valence-corrected chi connectivity index (χ3v) is 3.72. The molecule has 20 heavy (non-hydrogen) atoms. The Hall–Kier alpha value is -1.51. The molecule has 1 aromatic carbocycles. The fraction of sp³-hybridized carbons (Fsp3) is 0.588. The summed E-state index contributed by atoms with van der Waals surface area (Å²) in [7, 11) is 0. The summed E-state index contributed by atoms with van der Waals surface area (Å²) in [5.41, 5.74) is 1.76. The molecule has 1 amide bonds. The zero-order chi connectivity index (χ0) is 14.5. The van der Waals surface area contributed by atoms with Crippen LogP contribution in [-0.2, 0) is 0 Å². The molecule has 0 saturated heterocycles. The molecule has 0 aliphatic heterocycles. The highest BCUT2D eigenvalue weighted by Crippen LogP contribution is 2.30. The van der Waals surface area contributed by atoms with Gasteiger partial charge in [-0.3, -0.25) is 4.79 Å². The van der Waals surface area contributed by atoms with E-state index >= 15 is 0 Å². The second kappa shape index (κ2) is 6.78. The molecule has 0 unspecified atom stereocenters. The highest BCUT2D eigenvalue weighted by Gasteiger charge is 2.33. The minimum atomic E-state index is 0.185. The third kappa shape index (κ3) is 3.75. The van der Waals surface area contributed by atoms with Gasteiger partial charge in [0.2, 0.25) is 0 Å². The van der Waals surface area contributed by atoms with E-state index in [0.29, 0.717) is 12.0 Å². The van der Waals surface area contributed by atoms with Gasteiger partial charge in [0.1, 0.15) is 0 Å². The van der Waals surface area contributed by atoms with E-state index in [1.165, 1.54) is 0 Å². The normalized spacial score (nSPS) is 14.4. The molecule has 1 aliphatic rings. The van der Waals surface area contributed by atoms with Gasteiger partial charge < -0.3 is 10.2 Å². The van der Waals surface area contributed by atoms with Gasteiger partial charge in [-0.1, -0.05) is 26.0 Å². The number of rotatable bonds is 7. The molecule has 0 spiro atoms. The molecular formula is C17H26N2O. The smallest absolute Gasteiger partial charge is 0.256 e. The van der Waals surface area contributed by atoms with Gasteiger partial charge in [-0.15, -0.1) is 0 Å². The maximum absolute atomic E-state index is 12.8. The monoisotopic (exact) mass is 274 g/mol. The summed E-state index contributed by atoms with van der Waals surface area (Å²) in [5, 5.41) is 3.29. The van der Waals surface area contributed by atoms with E-state index in [0.717, 1.165) is 43.6 Å². The predicted molar refractivity (Wildman–Crippen MR) is 84.1 cm³/mol. The number of nitrogens with one attached hydrogen (secondary N) is 1. The molecule has 3 nitrogen and oxygen atoms in total. The van der Waals surface area contributed by atoms with Crippen LogP contribution in [-0.4, -0.2) is 29.9 Å². The van der Waals surface area contributed by atoms with Crippen LogP contribution in [0.4, 0.5) is 5.69 Å². The van der Waals surface area contributed by atoms with Gasteiger partial charge in [0.25, 0.3) is 5.91 Å². The van der Waals surface area contributed by atoms with Crippen LogP contribution in [0, 0.1) is 5.92 Å². The molecule has 1 aromatic rings. The topological polar surface area (TPSA) is 32.3 Å². The first-order chi connectivity index (χ1) is 9.63. The number of carbonyl (C=O) groups excluding carboxylic acids is 1. The summed E-state index contributed by atoms with van der Waals surface area (Å²) < 4.78 is 0. The molecule has 0 bridgehead atoms. The number of hydrogen-bond acceptors (Lipinski definition) is 2. The molecule has 1 fully saturated rings. The Bertz CT molecular complexity index is 452. The molecule has 0 heterocycles. The van der Waals surface area contributed by atoms with Crippen molar-refractivity contribution < 1.29 is 4.79 Å². The molecule has 0 aromatic heterocycles. The van der Waals surface area contributed by atoms with Crippen molar-refractivity contribution in [3.8, 4) is 0 Å². The van der Waals surface area contributed by atoms with Crippen LogP contribution in [0.2, 0.25) is 0 Å². The number of anilines is 1. The first kappa shape index (κ1) is 14.9. The van der Waals surface area contributed by atoms with Gasteiger partial charge in [0, 0.05) is 24.8 Å². The zero-order valence-corrected chi connectivity index (χ0v) is 12.9. The van der Waals surface area contributed by atoms with E-state index < -0.39 is 0 Å². The predicted octanol–water partition coefficient (Wildman–Crippen LogP) is 3.77. The molecule has 1 saturated carbocycles. The third-order valence-electron chi connectivity index (χ3n) is 3.72. The average Bonchev–Trinajstić information content (AvgIpc) is 3.24. The van der Waals surface area contributed by atoms with Crippen LogP contribution in [0.1, 0.15) is 50.4 Å². The van der Waals surface area contributed by atoms with Gasteiger partial charge in [-0.2, -0.15) is 0 Å². The van der Waals surface area contributed by atoms with Crippen molar-refractivity contribution in [1.29, 1.82) is 0 Å². The summed E-state index contributed by atoms with van der Waals surface area (Å²) in [6.07, 6.45) is 3.39. The number of para-hydroxylation sites is 1. The minimum absolute atomic E-state index is 0.185. The van der Waals surface area contributed by atoms with E-state index in [-0.39, 0.29) is 5.91 Å². The lowest BCUT2D eigenvalue weighted by Gasteiger charge is -2.24. The van der Waals surface area contributed by atoms with Gasteiger partial charge in [-0.25, -0.2) is 0 Å². The van der Waals surface area contributed by atoms with Crippen molar-refractivity contribution in [3.05, 3.63) is 29.8 Å². The lowest BCUT2D eigenvalue weighted by atomic mass is 10.1. The second-order valence-electron chi connectivity index (χ2n) is 5.99. The maximum Gasteiger partial charge on any atom is 0.256 e. The summed E-state index contributed by atoms with van der Waals surface area (Å²) in [6.45, 7) is 8.18. The molecule has 0 atom stereocenters. The molecule has 3 heteroatoms. The summed E-state index contributed by atoms with van der Waals surface area (Å²) in [4.78, 5) is 14.9. The molecule has 2 rings (SSSR count). The Morgan fingerprint density at radius 3 is 2.65 bits per heavy atom. The molecule has 1 aliphatic carbocycles. The van der Waals surface area contributed by atoms with E-state index in [1.807, 2.05) is 24.3 Å². The standard InChI is InChI=1S/C17H26N2O/c1-4-18-16-8-6-5-7-15(16)17(20)19(14-9-10-14)12-11-13(2)3/h5-8,13-14,18H,4,9-12H2,1-3H3. The molecular weight excluding hydrogens is 248 g/mol. The Morgan fingerprint density at radius 1 is 1.35 bits per heavy atom. The SMILES string of the molecule is CCNc1ccccc1C(=O)N(CCC(C)C)C1CC1. The van der Waals surface area contributed by atoms with Crippen LogP contribution in [0.25, 0.3) is 0 Å². The number of carbonyl (C=O) groups is 1. The van der Waals surface area contributed by atoms with Crippen molar-refractivity contribution in [3.63, 3.8) is 0 Å². The van der Waals surface area contributed by atoms with Crippen LogP contribution < -0.4 is 5.32 Å². The van der Waals surface area contributed by atoms with Crippen LogP contribution >= 0.6 is 0 Å². The van der Waals surface area contributed by atoms with E-state index in [1.54, 1.807) is 0 Å². The van der Waals surface area contributed by atoms with Crippen LogP contribution in [0.15, 0.2) is 24.3 Å². The quantitative estimate of drug-likeness (QED) is 0.821. The van der Waals surface area contributed by atoms with Crippen molar-refractivity contribution in [2.45, 2.75) is 46.1 Å². The zero-order valence-electron chi connectivity index (χ0n) is 12.9. The average molecular weight is 274 g/mol. The largest absolute Gasteiger partial charge is 0.385 e. The Balaban J connectivity index is 2.14. The van der Waals surface area contributed by atoms with Crippen molar-refractivity contribution >= 4 is 11.6 Å². The molecule has 0 radical (unpaired) electrons. The van der Waals surface area contributed by atoms with Crippen molar-refractivity contribution in [2.75, 3.05) is 18.4 Å². The van der Waals surface area contributed by atoms with E-state index in [4.69, 9.17) is 0 Å². The van der Waals surface area contributed by atoms with Gasteiger partial charge >= 0.3 is 0 Å². The Labute approximate surface area is 122 Å². The summed E-state index contributed by atoms with van der Waals surface area (Å²) >= 11 is 0. The van der Waals surface area contributed by atoms with Crippen molar-refractivity contribution in [2.24, 2.45) is 5.92 Å². The number of benzene rings is 1.